The molecule has 10 heteroatoms. The van der Waals surface area contributed by atoms with Gasteiger partial charge in [-0.2, -0.15) is 15.2 Å². The van der Waals surface area contributed by atoms with Gasteiger partial charge >= 0.3 is 0 Å². The lowest BCUT2D eigenvalue weighted by atomic mass is 9.91. The van der Waals surface area contributed by atoms with E-state index in [-0.39, 0.29) is 23.2 Å². The Balaban J connectivity index is 1.33. The molecule has 4 heterocycles. The number of anilines is 1. The van der Waals surface area contributed by atoms with Gasteiger partial charge in [-0.3, -0.25) is 23.8 Å². The second-order valence-electron chi connectivity index (χ2n) is 8.19. The van der Waals surface area contributed by atoms with Crippen LogP contribution >= 0.6 is 0 Å². The number of aromatic nitrogens is 7. The summed E-state index contributed by atoms with van der Waals surface area (Å²) < 4.78 is 4.74. The lowest BCUT2D eigenvalue weighted by Gasteiger charge is -2.30. The third-order valence-electron chi connectivity index (χ3n) is 6.15. The van der Waals surface area contributed by atoms with Crippen LogP contribution in [-0.4, -0.2) is 40.1 Å². The van der Waals surface area contributed by atoms with Gasteiger partial charge in [0.25, 0.3) is 11.1 Å². The van der Waals surface area contributed by atoms with Crippen molar-refractivity contribution in [1.82, 2.24) is 34.1 Å². The van der Waals surface area contributed by atoms with Crippen molar-refractivity contribution in [3.8, 4) is 11.3 Å². The summed E-state index contributed by atoms with van der Waals surface area (Å²) in [5, 5.41) is 12.7. The average Bonchev–Trinajstić information content (AvgIpc) is 3.19. The normalized spacial score (nSPS) is 18.7. The molecule has 1 aliphatic carbocycles. The second kappa shape index (κ2) is 8.03. The molecule has 32 heavy (non-hydrogen) atoms. The Labute approximate surface area is 183 Å². The topological polar surface area (TPSA) is 113 Å². The van der Waals surface area contributed by atoms with Crippen LogP contribution in [0.3, 0.4) is 0 Å². The standard InChI is InChI=1S/C22H24N8O2/c1-28-21(32)17-13-24-29(2)20(17)26-22(28)25-15-3-5-16(6-4-15)30-19(31)8-7-18(27-30)14-9-11-23-12-10-14/h7-13,15-16H,3-6H2,1-2H3,(H,25,26). The molecule has 0 atom stereocenters. The van der Waals surface area contributed by atoms with Crippen molar-refractivity contribution in [2.24, 2.45) is 14.1 Å². The zero-order chi connectivity index (χ0) is 22.2. The first-order valence-electron chi connectivity index (χ1n) is 10.7. The summed E-state index contributed by atoms with van der Waals surface area (Å²) in [6.07, 6.45) is 8.29. The van der Waals surface area contributed by atoms with Gasteiger partial charge in [-0.1, -0.05) is 0 Å². The quantitative estimate of drug-likeness (QED) is 0.524. The number of rotatable bonds is 4. The lowest BCUT2D eigenvalue weighted by molar-refractivity contribution is 0.303. The van der Waals surface area contributed by atoms with Crippen LogP contribution < -0.4 is 16.4 Å². The number of nitrogens with zero attached hydrogens (tertiary/aromatic N) is 7. The molecule has 0 amide bonds. The fourth-order valence-electron chi connectivity index (χ4n) is 4.31. The highest BCUT2D eigenvalue weighted by atomic mass is 16.1. The summed E-state index contributed by atoms with van der Waals surface area (Å²) in [7, 11) is 3.48. The molecule has 0 bridgehead atoms. The first-order valence-corrected chi connectivity index (χ1v) is 10.7. The van der Waals surface area contributed by atoms with E-state index in [0.29, 0.717) is 17.0 Å². The summed E-state index contributed by atoms with van der Waals surface area (Å²) in [6.45, 7) is 0. The smallest absolute Gasteiger partial charge is 0.267 e. The van der Waals surface area contributed by atoms with Crippen LogP contribution in [0.2, 0.25) is 0 Å². The molecule has 1 saturated carbocycles. The SMILES string of the molecule is Cn1c(NC2CCC(n3nc(-c4ccncc4)ccc3=O)CC2)nc2c(cnn2C)c1=O. The van der Waals surface area contributed by atoms with Gasteiger partial charge in [0.05, 0.1) is 17.9 Å². The first-order chi connectivity index (χ1) is 15.5. The van der Waals surface area contributed by atoms with Gasteiger partial charge in [-0.15, -0.1) is 0 Å². The second-order valence-corrected chi connectivity index (χ2v) is 8.19. The fourth-order valence-corrected chi connectivity index (χ4v) is 4.31. The molecule has 4 aromatic heterocycles. The number of hydrogen-bond donors (Lipinski definition) is 1. The number of hydrogen-bond acceptors (Lipinski definition) is 7. The average molecular weight is 432 g/mol. The van der Waals surface area contributed by atoms with Crippen molar-refractivity contribution < 1.29 is 0 Å². The van der Waals surface area contributed by atoms with E-state index in [9.17, 15) is 9.59 Å². The highest BCUT2D eigenvalue weighted by Crippen LogP contribution is 2.29. The molecule has 0 aromatic carbocycles. The van der Waals surface area contributed by atoms with Crippen LogP contribution in [0.4, 0.5) is 5.95 Å². The summed E-state index contributed by atoms with van der Waals surface area (Å²) in [4.78, 5) is 33.8. The molecule has 0 radical (unpaired) electrons. The first kappa shape index (κ1) is 20.1. The third-order valence-corrected chi connectivity index (χ3v) is 6.15. The van der Waals surface area contributed by atoms with Gasteiger partial charge in [0.15, 0.2) is 5.65 Å². The zero-order valence-corrected chi connectivity index (χ0v) is 18.0. The number of fused-ring (bicyclic) bond motifs is 1. The summed E-state index contributed by atoms with van der Waals surface area (Å²) in [5.74, 6) is 0.532. The van der Waals surface area contributed by atoms with Crippen LogP contribution in [0.15, 0.2) is 52.4 Å². The van der Waals surface area contributed by atoms with Gasteiger partial charge in [0.1, 0.15) is 5.39 Å². The van der Waals surface area contributed by atoms with Gasteiger partial charge in [-0.05, 0) is 43.9 Å². The van der Waals surface area contributed by atoms with Crippen LogP contribution in [0.1, 0.15) is 31.7 Å². The fraction of sp³-hybridized carbons (Fsp3) is 0.364. The van der Waals surface area contributed by atoms with E-state index >= 15 is 0 Å². The van der Waals surface area contributed by atoms with Gasteiger partial charge < -0.3 is 5.32 Å². The molecule has 0 unspecified atom stereocenters. The monoisotopic (exact) mass is 432 g/mol. The van der Waals surface area contributed by atoms with Crippen molar-refractivity contribution in [3.63, 3.8) is 0 Å². The van der Waals surface area contributed by atoms with E-state index in [0.717, 1.165) is 36.9 Å². The molecule has 1 aliphatic rings. The molecule has 1 fully saturated rings. The molecule has 0 aliphatic heterocycles. The summed E-state index contributed by atoms with van der Waals surface area (Å²) in [5.41, 5.74) is 2.04. The van der Waals surface area contributed by atoms with Gasteiger partial charge in [0.2, 0.25) is 5.95 Å². The molecular formula is C22H24N8O2. The van der Waals surface area contributed by atoms with E-state index in [1.165, 1.54) is 4.57 Å². The van der Waals surface area contributed by atoms with Crippen molar-refractivity contribution in [3.05, 3.63) is 63.6 Å². The van der Waals surface area contributed by atoms with E-state index in [4.69, 9.17) is 0 Å². The van der Waals surface area contributed by atoms with E-state index in [1.807, 2.05) is 12.1 Å². The summed E-state index contributed by atoms with van der Waals surface area (Å²) in [6, 6.07) is 7.30. The molecule has 5 rings (SSSR count). The third kappa shape index (κ3) is 3.57. The van der Waals surface area contributed by atoms with E-state index < -0.39 is 0 Å². The minimum Gasteiger partial charge on any atom is -0.353 e. The van der Waals surface area contributed by atoms with Crippen LogP contribution in [0.5, 0.6) is 0 Å². The molecule has 1 N–H and O–H groups in total. The van der Waals surface area contributed by atoms with Crippen molar-refractivity contribution in [2.75, 3.05) is 5.32 Å². The maximum absolute atomic E-state index is 12.6. The minimum absolute atomic E-state index is 0.0404. The molecule has 0 spiro atoms. The molecule has 164 valence electrons. The molecular weight excluding hydrogens is 408 g/mol. The summed E-state index contributed by atoms with van der Waals surface area (Å²) >= 11 is 0. The maximum Gasteiger partial charge on any atom is 0.267 e. The number of nitrogens with one attached hydrogen (secondary N) is 1. The Bertz CT molecular complexity index is 1380. The predicted molar refractivity (Wildman–Crippen MR) is 120 cm³/mol. The van der Waals surface area contributed by atoms with Gasteiger partial charge in [-0.25, -0.2) is 4.68 Å². The van der Waals surface area contributed by atoms with Crippen LogP contribution in [0, 0.1) is 0 Å². The van der Waals surface area contributed by atoms with Crippen molar-refractivity contribution in [1.29, 1.82) is 0 Å². The lowest BCUT2D eigenvalue weighted by Crippen LogP contribution is -2.34. The van der Waals surface area contributed by atoms with E-state index in [1.54, 1.807) is 54.2 Å². The number of aryl methyl sites for hydroxylation is 1. The number of pyridine rings is 1. The predicted octanol–water partition coefficient (Wildman–Crippen LogP) is 1.88. The minimum atomic E-state index is -0.122. The van der Waals surface area contributed by atoms with Gasteiger partial charge in [0, 0.05) is 44.2 Å². The highest BCUT2D eigenvalue weighted by molar-refractivity contribution is 5.74. The molecule has 0 saturated heterocycles. The molecule has 4 aromatic rings. The van der Waals surface area contributed by atoms with Crippen molar-refractivity contribution >= 4 is 17.0 Å². The zero-order valence-electron chi connectivity index (χ0n) is 18.0. The maximum atomic E-state index is 12.6. The Morgan fingerprint density at radius 1 is 1.00 bits per heavy atom. The van der Waals surface area contributed by atoms with Crippen LogP contribution in [0.25, 0.3) is 22.3 Å². The van der Waals surface area contributed by atoms with Crippen molar-refractivity contribution in [2.45, 2.75) is 37.8 Å². The Morgan fingerprint density at radius 2 is 1.75 bits per heavy atom. The highest BCUT2D eigenvalue weighted by Gasteiger charge is 2.25. The van der Waals surface area contributed by atoms with E-state index in [2.05, 4.69) is 25.5 Å². The van der Waals surface area contributed by atoms with Crippen LogP contribution in [-0.2, 0) is 14.1 Å². The Kier molecular flexibility index (Phi) is 5.04. The largest absolute Gasteiger partial charge is 0.353 e. The Morgan fingerprint density at radius 3 is 2.50 bits per heavy atom. The Hall–Kier alpha value is -3.82. The molecule has 10 nitrogen and oxygen atoms in total.